The van der Waals surface area contributed by atoms with Gasteiger partial charge in [-0.05, 0) is 91.4 Å². The number of halogens is 3. The summed E-state index contributed by atoms with van der Waals surface area (Å²) in [6, 6.07) is 5.10. The normalized spacial score (nSPS) is 25.1. The summed E-state index contributed by atoms with van der Waals surface area (Å²) in [6.07, 6.45) is 16.3. The zero-order valence-electron chi connectivity index (χ0n) is 22.0. The lowest BCUT2D eigenvalue weighted by molar-refractivity contribution is 0.120. The standard InChI is InChI=1S/C32H41F3O/c1-3-5-6-7-20-8-12-23(13-9-20)24-14-10-21(11-15-24)19-36-27-18-26-25-17-16-22(4-2)30(33)28(25)29(26)32(35)31(27)34/h16-18,20-21,23-24H,3-15,19H2,1-2H3. The minimum atomic E-state index is -0.995. The number of rotatable bonds is 9. The predicted molar refractivity (Wildman–Crippen MR) is 141 cm³/mol. The maximum atomic E-state index is 14.9. The molecule has 0 N–H and O–H groups in total. The Morgan fingerprint density at radius 2 is 1.36 bits per heavy atom. The number of aryl methyl sites for hydroxylation is 1. The summed E-state index contributed by atoms with van der Waals surface area (Å²) in [7, 11) is 0. The van der Waals surface area contributed by atoms with Gasteiger partial charge in [0.15, 0.2) is 11.6 Å². The van der Waals surface area contributed by atoms with Crippen molar-refractivity contribution < 1.29 is 17.9 Å². The molecule has 0 radical (unpaired) electrons. The minimum Gasteiger partial charge on any atom is -0.490 e. The fourth-order valence-corrected chi connectivity index (χ4v) is 7.13. The molecule has 3 aliphatic rings. The van der Waals surface area contributed by atoms with E-state index < -0.39 is 17.5 Å². The molecule has 0 unspecified atom stereocenters. The van der Waals surface area contributed by atoms with Gasteiger partial charge in [-0.25, -0.2) is 8.78 Å². The number of unbranched alkanes of at least 4 members (excludes halogenated alkanes) is 2. The van der Waals surface area contributed by atoms with Gasteiger partial charge in [-0.2, -0.15) is 4.39 Å². The molecule has 0 atom stereocenters. The Hall–Kier alpha value is -1.97. The molecule has 0 heterocycles. The van der Waals surface area contributed by atoms with Crippen molar-refractivity contribution in [2.45, 2.75) is 97.3 Å². The minimum absolute atomic E-state index is 0.0413. The summed E-state index contributed by atoms with van der Waals surface area (Å²) in [5.74, 6) is 0.577. The first kappa shape index (κ1) is 25.7. The summed E-state index contributed by atoms with van der Waals surface area (Å²) in [5.41, 5.74) is 1.98. The first-order chi connectivity index (χ1) is 17.5. The van der Waals surface area contributed by atoms with Crippen molar-refractivity contribution in [2.24, 2.45) is 23.7 Å². The molecule has 2 fully saturated rings. The zero-order chi connectivity index (χ0) is 25.2. The van der Waals surface area contributed by atoms with Gasteiger partial charge in [0.25, 0.3) is 0 Å². The van der Waals surface area contributed by atoms with Gasteiger partial charge in [-0.3, -0.25) is 0 Å². The molecular formula is C32H41F3O. The van der Waals surface area contributed by atoms with Crippen LogP contribution in [0.1, 0.15) is 96.5 Å². The van der Waals surface area contributed by atoms with Crippen LogP contribution >= 0.6 is 0 Å². The lowest BCUT2D eigenvalue weighted by Gasteiger charge is -2.38. The van der Waals surface area contributed by atoms with Crippen molar-refractivity contribution in [3.63, 3.8) is 0 Å². The van der Waals surface area contributed by atoms with Crippen molar-refractivity contribution in [3.8, 4) is 28.0 Å². The Morgan fingerprint density at radius 1 is 0.722 bits per heavy atom. The van der Waals surface area contributed by atoms with Gasteiger partial charge in [0.05, 0.1) is 6.61 Å². The number of fused-ring (bicyclic) bond motifs is 4. The average Bonchev–Trinajstić information content (AvgIpc) is 2.89. The highest BCUT2D eigenvalue weighted by Gasteiger charge is 2.35. The molecule has 0 spiro atoms. The Morgan fingerprint density at radius 3 is 2.00 bits per heavy atom. The highest BCUT2D eigenvalue weighted by Crippen LogP contribution is 2.53. The molecule has 0 amide bonds. The first-order valence-corrected chi connectivity index (χ1v) is 14.5. The van der Waals surface area contributed by atoms with Gasteiger partial charge in [0, 0.05) is 11.1 Å². The lowest BCUT2D eigenvalue weighted by Crippen LogP contribution is -2.27. The zero-order valence-corrected chi connectivity index (χ0v) is 22.0. The second kappa shape index (κ2) is 11.2. The maximum absolute atomic E-state index is 14.9. The van der Waals surface area contributed by atoms with Crippen LogP contribution in [0.25, 0.3) is 22.3 Å². The Labute approximate surface area is 214 Å². The highest BCUT2D eigenvalue weighted by atomic mass is 19.2. The largest absolute Gasteiger partial charge is 0.490 e. The van der Waals surface area contributed by atoms with Crippen LogP contribution in [0.15, 0.2) is 18.2 Å². The monoisotopic (exact) mass is 498 g/mol. The van der Waals surface area contributed by atoms with Gasteiger partial charge >= 0.3 is 0 Å². The Bertz CT molecular complexity index is 1060. The summed E-state index contributed by atoms with van der Waals surface area (Å²) in [5, 5.41) is 0. The van der Waals surface area contributed by atoms with Gasteiger partial charge in [0.2, 0.25) is 5.82 Å². The van der Waals surface area contributed by atoms with Crippen LogP contribution in [0.4, 0.5) is 13.2 Å². The summed E-state index contributed by atoms with van der Waals surface area (Å²) < 4.78 is 50.3. The second-order valence-corrected chi connectivity index (χ2v) is 11.6. The van der Waals surface area contributed by atoms with Crippen LogP contribution in [0.2, 0.25) is 0 Å². The quantitative estimate of drug-likeness (QED) is 0.267. The molecule has 36 heavy (non-hydrogen) atoms. The smallest absolute Gasteiger partial charge is 0.201 e. The average molecular weight is 499 g/mol. The third kappa shape index (κ3) is 4.94. The third-order valence-corrected chi connectivity index (χ3v) is 9.46. The van der Waals surface area contributed by atoms with Crippen molar-refractivity contribution in [1.29, 1.82) is 0 Å². The van der Waals surface area contributed by atoms with Crippen molar-refractivity contribution in [3.05, 3.63) is 41.2 Å². The molecule has 0 bridgehead atoms. The van der Waals surface area contributed by atoms with E-state index in [9.17, 15) is 13.2 Å². The van der Waals surface area contributed by atoms with E-state index in [1.54, 1.807) is 18.2 Å². The van der Waals surface area contributed by atoms with Gasteiger partial charge in [0.1, 0.15) is 5.82 Å². The van der Waals surface area contributed by atoms with E-state index in [1.807, 2.05) is 6.92 Å². The van der Waals surface area contributed by atoms with E-state index in [0.29, 0.717) is 35.6 Å². The van der Waals surface area contributed by atoms with E-state index in [4.69, 9.17) is 4.74 Å². The Kier molecular flexibility index (Phi) is 7.98. The van der Waals surface area contributed by atoms with Crippen LogP contribution in [-0.4, -0.2) is 6.61 Å². The number of hydrogen-bond donors (Lipinski definition) is 0. The topological polar surface area (TPSA) is 9.23 Å². The molecule has 4 heteroatoms. The van der Waals surface area contributed by atoms with Crippen LogP contribution < -0.4 is 4.74 Å². The second-order valence-electron chi connectivity index (χ2n) is 11.6. The number of ether oxygens (including phenoxy) is 1. The highest BCUT2D eigenvalue weighted by molar-refractivity contribution is 6.03. The molecule has 2 aromatic carbocycles. The summed E-state index contributed by atoms with van der Waals surface area (Å²) >= 11 is 0. The maximum Gasteiger partial charge on any atom is 0.201 e. The fourth-order valence-electron chi connectivity index (χ4n) is 7.13. The van der Waals surface area contributed by atoms with Crippen molar-refractivity contribution in [1.82, 2.24) is 0 Å². The summed E-state index contributed by atoms with van der Waals surface area (Å²) in [4.78, 5) is 0. The molecule has 0 saturated heterocycles. The molecule has 0 aromatic heterocycles. The van der Waals surface area contributed by atoms with Crippen LogP contribution in [0.3, 0.4) is 0 Å². The fraction of sp³-hybridized carbons (Fsp3) is 0.625. The molecule has 0 aliphatic heterocycles. The van der Waals surface area contributed by atoms with E-state index in [2.05, 4.69) is 6.92 Å². The SMILES string of the molecule is CCCCCC1CCC(C2CCC(COc3cc4c(c(F)c3F)-c3c-4ccc(CC)c3F)CC2)CC1. The molecule has 5 rings (SSSR count). The van der Waals surface area contributed by atoms with E-state index >= 15 is 0 Å². The molecule has 196 valence electrons. The van der Waals surface area contributed by atoms with Gasteiger partial charge < -0.3 is 4.74 Å². The van der Waals surface area contributed by atoms with Crippen molar-refractivity contribution >= 4 is 0 Å². The van der Waals surface area contributed by atoms with Crippen molar-refractivity contribution in [2.75, 3.05) is 6.61 Å². The van der Waals surface area contributed by atoms with Gasteiger partial charge in [-0.15, -0.1) is 0 Å². The number of hydrogen-bond acceptors (Lipinski definition) is 1. The Balaban J connectivity index is 1.13. The molecule has 2 saturated carbocycles. The van der Waals surface area contributed by atoms with E-state index in [-0.39, 0.29) is 16.9 Å². The molecular weight excluding hydrogens is 457 g/mol. The predicted octanol–water partition coefficient (Wildman–Crippen LogP) is 9.89. The molecule has 3 aliphatic carbocycles. The lowest BCUT2D eigenvalue weighted by atomic mass is 9.69. The summed E-state index contributed by atoms with van der Waals surface area (Å²) in [6.45, 7) is 4.55. The number of benzene rings is 2. The third-order valence-electron chi connectivity index (χ3n) is 9.46. The molecule has 2 aromatic rings. The van der Waals surface area contributed by atoms with Crippen LogP contribution in [-0.2, 0) is 6.42 Å². The van der Waals surface area contributed by atoms with Crippen LogP contribution in [0, 0.1) is 41.1 Å². The van der Waals surface area contributed by atoms with Gasteiger partial charge in [-0.1, -0.05) is 64.5 Å². The van der Waals surface area contributed by atoms with Crippen LogP contribution in [0.5, 0.6) is 5.75 Å². The van der Waals surface area contributed by atoms with E-state index in [0.717, 1.165) is 30.6 Å². The first-order valence-electron chi connectivity index (χ1n) is 14.5. The van der Waals surface area contributed by atoms with E-state index in [1.165, 1.54) is 64.2 Å². The molecule has 1 nitrogen and oxygen atoms in total.